The SMILES string of the molecule is CCN(CC)c1ccc(C(=O)NNC(=O)COC(=O)c2ccc(C)cc2C)cc1. The first kappa shape index (κ1) is 21.9. The van der Waals surface area contributed by atoms with E-state index in [2.05, 4.69) is 29.6 Å². The number of hydrazine groups is 1. The van der Waals surface area contributed by atoms with Crippen LogP contribution in [0.5, 0.6) is 0 Å². The predicted octanol–water partition coefficient (Wildman–Crippen LogP) is 2.77. The average molecular weight is 397 g/mol. The van der Waals surface area contributed by atoms with Gasteiger partial charge in [-0.25, -0.2) is 4.79 Å². The van der Waals surface area contributed by atoms with E-state index in [-0.39, 0.29) is 0 Å². The molecule has 29 heavy (non-hydrogen) atoms. The normalized spacial score (nSPS) is 10.2. The van der Waals surface area contributed by atoms with Gasteiger partial charge in [0.05, 0.1) is 5.56 Å². The first-order chi connectivity index (χ1) is 13.8. The molecule has 0 aliphatic carbocycles. The van der Waals surface area contributed by atoms with Crippen LogP contribution in [-0.2, 0) is 9.53 Å². The van der Waals surface area contributed by atoms with Gasteiger partial charge in [0.25, 0.3) is 11.8 Å². The van der Waals surface area contributed by atoms with Crippen molar-refractivity contribution in [1.29, 1.82) is 0 Å². The third-order valence-electron chi connectivity index (χ3n) is 4.51. The number of aryl methyl sites for hydroxylation is 2. The Hall–Kier alpha value is -3.35. The third-order valence-corrected chi connectivity index (χ3v) is 4.51. The first-order valence-corrected chi connectivity index (χ1v) is 9.54. The number of hydrogen-bond donors (Lipinski definition) is 2. The zero-order chi connectivity index (χ0) is 21.4. The summed E-state index contributed by atoms with van der Waals surface area (Å²) in [5.41, 5.74) is 8.20. The number of amides is 2. The highest BCUT2D eigenvalue weighted by atomic mass is 16.5. The summed E-state index contributed by atoms with van der Waals surface area (Å²) >= 11 is 0. The maximum Gasteiger partial charge on any atom is 0.338 e. The Kier molecular flexibility index (Phi) is 7.77. The topological polar surface area (TPSA) is 87.7 Å². The summed E-state index contributed by atoms with van der Waals surface area (Å²) in [6.07, 6.45) is 0. The molecular weight excluding hydrogens is 370 g/mol. The van der Waals surface area contributed by atoms with Crippen LogP contribution in [0.4, 0.5) is 5.69 Å². The minimum atomic E-state index is -0.628. The molecule has 2 aromatic rings. The van der Waals surface area contributed by atoms with Crippen LogP contribution < -0.4 is 15.8 Å². The van der Waals surface area contributed by atoms with E-state index in [9.17, 15) is 14.4 Å². The van der Waals surface area contributed by atoms with Crippen molar-refractivity contribution >= 4 is 23.5 Å². The number of ether oxygens (including phenoxy) is 1. The minimum absolute atomic E-state index is 0.403. The van der Waals surface area contributed by atoms with Crippen molar-refractivity contribution in [1.82, 2.24) is 10.9 Å². The summed E-state index contributed by atoms with van der Waals surface area (Å²) in [6.45, 7) is 9.11. The number of rotatable bonds is 7. The second-order valence-corrected chi connectivity index (χ2v) is 6.62. The number of hydrogen-bond acceptors (Lipinski definition) is 5. The summed E-state index contributed by atoms with van der Waals surface area (Å²) in [5, 5.41) is 0. The molecule has 2 rings (SSSR count). The lowest BCUT2D eigenvalue weighted by molar-refractivity contribution is -0.125. The smallest absolute Gasteiger partial charge is 0.338 e. The predicted molar refractivity (Wildman–Crippen MR) is 112 cm³/mol. The standard InChI is InChI=1S/C22H27N3O4/c1-5-25(6-2)18-10-8-17(9-11-18)21(27)24-23-20(26)14-29-22(28)19-12-7-15(3)13-16(19)4/h7-13H,5-6,14H2,1-4H3,(H,23,26)(H,24,27). The van der Waals surface area contributed by atoms with E-state index in [1.54, 1.807) is 31.2 Å². The quantitative estimate of drug-likeness (QED) is 0.554. The number of nitrogens with zero attached hydrogens (tertiary/aromatic N) is 1. The summed E-state index contributed by atoms with van der Waals surface area (Å²) in [5.74, 6) is -1.67. The van der Waals surface area contributed by atoms with Gasteiger partial charge in [0, 0.05) is 24.3 Å². The average Bonchev–Trinajstić information content (AvgIpc) is 2.71. The van der Waals surface area contributed by atoms with E-state index >= 15 is 0 Å². The molecule has 2 aromatic carbocycles. The summed E-state index contributed by atoms with van der Waals surface area (Å²) < 4.78 is 5.01. The van der Waals surface area contributed by atoms with E-state index in [0.717, 1.165) is 29.9 Å². The Labute approximate surface area is 171 Å². The molecule has 0 bridgehead atoms. The number of nitrogens with one attached hydrogen (secondary N) is 2. The highest BCUT2D eigenvalue weighted by Crippen LogP contribution is 2.15. The summed E-state index contributed by atoms with van der Waals surface area (Å²) in [6, 6.07) is 12.4. The molecule has 0 radical (unpaired) electrons. The second-order valence-electron chi connectivity index (χ2n) is 6.62. The van der Waals surface area contributed by atoms with Crippen molar-refractivity contribution in [2.45, 2.75) is 27.7 Å². The largest absolute Gasteiger partial charge is 0.452 e. The van der Waals surface area contributed by atoms with E-state index in [1.807, 2.05) is 25.1 Å². The molecule has 0 spiro atoms. The van der Waals surface area contributed by atoms with Crippen LogP contribution in [0.1, 0.15) is 45.7 Å². The number of benzene rings is 2. The van der Waals surface area contributed by atoms with Crippen LogP contribution in [0.2, 0.25) is 0 Å². The van der Waals surface area contributed by atoms with Crippen LogP contribution >= 0.6 is 0 Å². The Morgan fingerprint density at radius 3 is 2.17 bits per heavy atom. The lowest BCUT2D eigenvalue weighted by atomic mass is 10.1. The monoisotopic (exact) mass is 397 g/mol. The molecule has 0 atom stereocenters. The van der Waals surface area contributed by atoms with Crippen molar-refractivity contribution in [3.05, 3.63) is 64.7 Å². The number of esters is 1. The van der Waals surface area contributed by atoms with Gasteiger partial charge in [0.15, 0.2) is 6.61 Å². The van der Waals surface area contributed by atoms with Gasteiger partial charge in [0.1, 0.15) is 0 Å². The van der Waals surface area contributed by atoms with Gasteiger partial charge < -0.3 is 9.64 Å². The summed E-state index contributed by atoms with van der Waals surface area (Å²) in [7, 11) is 0. The number of anilines is 1. The van der Waals surface area contributed by atoms with Crippen LogP contribution in [-0.4, -0.2) is 37.5 Å². The summed E-state index contributed by atoms with van der Waals surface area (Å²) in [4.78, 5) is 38.3. The zero-order valence-electron chi connectivity index (χ0n) is 17.2. The number of carbonyl (C=O) groups excluding carboxylic acids is 3. The van der Waals surface area contributed by atoms with Gasteiger partial charge in [-0.15, -0.1) is 0 Å². The van der Waals surface area contributed by atoms with Crippen molar-refractivity contribution in [3.8, 4) is 0 Å². The van der Waals surface area contributed by atoms with Crippen LogP contribution in [0.15, 0.2) is 42.5 Å². The van der Waals surface area contributed by atoms with Crippen molar-refractivity contribution in [2.75, 3.05) is 24.6 Å². The van der Waals surface area contributed by atoms with E-state index < -0.39 is 24.4 Å². The molecule has 0 unspecified atom stereocenters. The van der Waals surface area contributed by atoms with E-state index in [1.165, 1.54) is 0 Å². The molecule has 0 saturated heterocycles. The highest BCUT2D eigenvalue weighted by Gasteiger charge is 2.14. The maximum absolute atomic E-state index is 12.2. The number of carbonyl (C=O) groups is 3. The Morgan fingerprint density at radius 2 is 1.59 bits per heavy atom. The van der Waals surface area contributed by atoms with Crippen molar-refractivity contribution in [2.24, 2.45) is 0 Å². The maximum atomic E-state index is 12.2. The van der Waals surface area contributed by atoms with Crippen LogP contribution in [0.3, 0.4) is 0 Å². The van der Waals surface area contributed by atoms with Gasteiger partial charge in [-0.1, -0.05) is 17.7 Å². The van der Waals surface area contributed by atoms with Gasteiger partial charge in [0.2, 0.25) is 0 Å². The van der Waals surface area contributed by atoms with Gasteiger partial charge in [-0.2, -0.15) is 0 Å². The van der Waals surface area contributed by atoms with Crippen LogP contribution in [0, 0.1) is 13.8 Å². The van der Waals surface area contributed by atoms with Crippen LogP contribution in [0.25, 0.3) is 0 Å². The minimum Gasteiger partial charge on any atom is -0.452 e. The van der Waals surface area contributed by atoms with Gasteiger partial charge >= 0.3 is 5.97 Å². The molecule has 0 aliphatic heterocycles. The Balaban J connectivity index is 1.82. The molecular formula is C22H27N3O4. The molecule has 0 heterocycles. The van der Waals surface area contributed by atoms with Gasteiger partial charge in [-0.05, 0) is 63.6 Å². The van der Waals surface area contributed by atoms with E-state index in [0.29, 0.717) is 11.1 Å². The molecule has 0 aromatic heterocycles. The first-order valence-electron chi connectivity index (χ1n) is 9.54. The highest BCUT2D eigenvalue weighted by molar-refractivity contribution is 5.96. The molecule has 0 saturated carbocycles. The Morgan fingerprint density at radius 1 is 0.931 bits per heavy atom. The van der Waals surface area contributed by atoms with Crippen molar-refractivity contribution < 1.29 is 19.1 Å². The lowest BCUT2D eigenvalue weighted by Crippen LogP contribution is -2.43. The molecule has 2 N–H and O–H groups in total. The molecule has 0 fully saturated rings. The molecule has 2 amide bonds. The van der Waals surface area contributed by atoms with Gasteiger partial charge in [-0.3, -0.25) is 20.4 Å². The lowest BCUT2D eigenvalue weighted by Gasteiger charge is -2.21. The van der Waals surface area contributed by atoms with Crippen molar-refractivity contribution in [3.63, 3.8) is 0 Å². The fourth-order valence-corrected chi connectivity index (χ4v) is 2.90. The molecule has 7 heteroatoms. The third kappa shape index (κ3) is 6.07. The fraction of sp³-hybridized carbons (Fsp3) is 0.318. The molecule has 154 valence electrons. The molecule has 7 nitrogen and oxygen atoms in total. The molecule has 0 aliphatic rings. The van der Waals surface area contributed by atoms with E-state index in [4.69, 9.17) is 4.74 Å². The zero-order valence-corrected chi connectivity index (χ0v) is 17.2. The second kappa shape index (κ2) is 10.3. The fourth-order valence-electron chi connectivity index (χ4n) is 2.90. The Bertz CT molecular complexity index is 874.